The highest BCUT2D eigenvalue weighted by atomic mass is 16.1. The Morgan fingerprint density at radius 2 is 2.06 bits per heavy atom. The van der Waals surface area contributed by atoms with E-state index in [0.29, 0.717) is 19.1 Å². The summed E-state index contributed by atoms with van der Waals surface area (Å²) in [6.07, 6.45) is 9.26. The zero-order valence-electron chi connectivity index (χ0n) is 11.0. The van der Waals surface area contributed by atoms with E-state index < -0.39 is 0 Å². The molecule has 0 atom stereocenters. The summed E-state index contributed by atoms with van der Waals surface area (Å²) in [5, 5.41) is 6.13. The zero-order chi connectivity index (χ0) is 12.5. The number of nitrogens with one attached hydrogen (secondary N) is 2. The van der Waals surface area contributed by atoms with Gasteiger partial charge in [0.2, 0.25) is 5.91 Å². The first-order chi connectivity index (χ1) is 8.26. The summed E-state index contributed by atoms with van der Waals surface area (Å²) in [4.78, 5) is 11.6. The molecule has 0 aromatic heterocycles. The minimum atomic E-state index is 0.116. The molecule has 1 saturated carbocycles. The minimum Gasteiger partial charge on any atom is -0.352 e. The number of amides is 1. The molecule has 1 fully saturated rings. The van der Waals surface area contributed by atoms with E-state index in [0.717, 1.165) is 18.8 Å². The van der Waals surface area contributed by atoms with Crippen molar-refractivity contribution in [3.63, 3.8) is 0 Å². The van der Waals surface area contributed by atoms with Gasteiger partial charge >= 0.3 is 0 Å². The number of hydrogen-bond acceptors (Lipinski definition) is 2. The van der Waals surface area contributed by atoms with Crippen molar-refractivity contribution in [2.75, 3.05) is 13.1 Å². The Morgan fingerprint density at radius 3 is 2.65 bits per heavy atom. The quantitative estimate of drug-likeness (QED) is 0.527. The third-order valence-electron chi connectivity index (χ3n) is 3.48. The molecule has 3 nitrogen and oxygen atoms in total. The number of carbonyl (C=O) groups excluding carboxylic acids is 1. The van der Waals surface area contributed by atoms with Crippen molar-refractivity contribution in [1.29, 1.82) is 0 Å². The number of carbonyl (C=O) groups is 1. The van der Waals surface area contributed by atoms with Gasteiger partial charge in [0.1, 0.15) is 0 Å². The van der Waals surface area contributed by atoms with Crippen LogP contribution in [0, 0.1) is 5.92 Å². The molecule has 0 radical (unpaired) electrons. The average Bonchev–Trinajstić information content (AvgIpc) is 2.32. The molecule has 98 valence electrons. The first-order valence-corrected chi connectivity index (χ1v) is 6.87. The topological polar surface area (TPSA) is 41.1 Å². The number of hydrogen-bond donors (Lipinski definition) is 2. The average molecular weight is 238 g/mol. The summed E-state index contributed by atoms with van der Waals surface area (Å²) in [7, 11) is 0. The van der Waals surface area contributed by atoms with Crippen molar-refractivity contribution in [3.05, 3.63) is 12.7 Å². The van der Waals surface area contributed by atoms with Gasteiger partial charge in [0.25, 0.3) is 0 Å². The largest absolute Gasteiger partial charge is 0.352 e. The van der Waals surface area contributed by atoms with Gasteiger partial charge in [0, 0.05) is 12.6 Å². The van der Waals surface area contributed by atoms with E-state index in [-0.39, 0.29) is 5.91 Å². The van der Waals surface area contributed by atoms with Gasteiger partial charge in [-0.15, -0.1) is 6.58 Å². The fourth-order valence-corrected chi connectivity index (χ4v) is 2.57. The van der Waals surface area contributed by atoms with Crippen molar-refractivity contribution in [2.45, 2.75) is 51.5 Å². The fraction of sp³-hybridized carbons (Fsp3) is 0.786. The zero-order valence-corrected chi connectivity index (χ0v) is 11.0. The van der Waals surface area contributed by atoms with E-state index in [1.54, 1.807) is 6.08 Å². The lowest BCUT2D eigenvalue weighted by Gasteiger charge is -2.29. The van der Waals surface area contributed by atoms with Gasteiger partial charge in [-0.05, 0) is 31.6 Å². The van der Waals surface area contributed by atoms with E-state index in [2.05, 4.69) is 24.1 Å². The normalized spacial score (nSPS) is 24.3. The summed E-state index contributed by atoms with van der Waals surface area (Å²) in [6.45, 7) is 6.95. The van der Waals surface area contributed by atoms with E-state index in [1.807, 2.05) is 0 Å². The maximum absolute atomic E-state index is 11.6. The molecule has 17 heavy (non-hydrogen) atoms. The lowest BCUT2D eigenvalue weighted by Crippen LogP contribution is -2.42. The predicted molar refractivity (Wildman–Crippen MR) is 71.9 cm³/mol. The standard InChI is InChI=1S/C14H26N2O/c1-3-5-12-6-8-13(9-7-12)16-14(17)11-15-10-4-2/h4,12-13,15H,2-3,5-11H2,1H3,(H,16,17). The molecule has 0 aromatic rings. The summed E-state index contributed by atoms with van der Waals surface area (Å²) in [5.41, 5.74) is 0. The second kappa shape index (κ2) is 8.29. The smallest absolute Gasteiger partial charge is 0.234 e. The Morgan fingerprint density at radius 1 is 1.35 bits per heavy atom. The Bertz CT molecular complexity index is 232. The Labute approximate surface area is 105 Å². The lowest BCUT2D eigenvalue weighted by atomic mass is 9.83. The first-order valence-electron chi connectivity index (χ1n) is 6.87. The minimum absolute atomic E-state index is 0.116. The molecule has 0 aliphatic heterocycles. The second-order valence-electron chi connectivity index (χ2n) is 4.99. The van der Waals surface area contributed by atoms with Gasteiger partial charge in [0.15, 0.2) is 0 Å². The highest BCUT2D eigenvalue weighted by molar-refractivity contribution is 5.78. The van der Waals surface area contributed by atoms with Crippen molar-refractivity contribution in [1.82, 2.24) is 10.6 Å². The Balaban J connectivity index is 2.12. The van der Waals surface area contributed by atoms with Gasteiger partial charge in [-0.25, -0.2) is 0 Å². The van der Waals surface area contributed by atoms with Crippen LogP contribution in [0.5, 0.6) is 0 Å². The summed E-state index contributed by atoms with van der Waals surface area (Å²) >= 11 is 0. The van der Waals surface area contributed by atoms with Crippen LogP contribution >= 0.6 is 0 Å². The highest BCUT2D eigenvalue weighted by Gasteiger charge is 2.21. The summed E-state index contributed by atoms with van der Waals surface area (Å²) in [5.74, 6) is 1.01. The van der Waals surface area contributed by atoms with Crippen molar-refractivity contribution >= 4 is 5.91 Å². The van der Waals surface area contributed by atoms with Crippen LogP contribution in [0.3, 0.4) is 0 Å². The van der Waals surface area contributed by atoms with E-state index in [1.165, 1.54) is 25.7 Å². The molecule has 0 heterocycles. The molecule has 1 aliphatic carbocycles. The van der Waals surface area contributed by atoms with Crippen molar-refractivity contribution in [3.8, 4) is 0 Å². The molecule has 0 unspecified atom stereocenters. The van der Waals surface area contributed by atoms with Gasteiger partial charge in [-0.1, -0.05) is 25.8 Å². The van der Waals surface area contributed by atoms with Crippen molar-refractivity contribution < 1.29 is 4.79 Å². The SMILES string of the molecule is C=CCNCC(=O)NC1CCC(CCC)CC1. The van der Waals surface area contributed by atoms with Crippen LogP contribution in [-0.2, 0) is 4.79 Å². The van der Waals surface area contributed by atoms with Crippen LogP contribution in [0.1, 0.15) is 45.4 Å². The molecule has 1 amide bonds. The lowest BCUT2D eigenvalue weighted by molar-refractivity contribution is -0.121. The molecular weight excluding hydrogens is 212 g/mol. The monoisotopic (exact) mass is 238 g/mol. The molecule has 2 N–H and O–H groups in total. The van der Waals surface area contributed by atoms with Gasteiger partial charge < -0.3 is 10.6 Å². The molecule has 1 rings (SSSR count). The van der Waals surface area contributed by atoms with E-state index in [4.69, 9.17) is 0 Å². The van der Waals surface area contributed by atoms with E-state index in [9.17, 15) is 4.79 Å². The van der Waals surface area contributed by atoms with Crippen LogP contribution in [0.4, 0.5) is 0 Å². The van der Waals surface area contributed by atoms with Crippen LogP contribution in [0.15, 0.2) is 12.7 Å². The van der Waals surface area contributed by atoms with E-state index >= 15 is 0 Å². The van der Waals surface area contributed by atoms with Gasteiger partial charge in [-0.3, -0.25) is 4.79 Å². The van der Waals surface area contributed by atoms with Crippen LogP contribution in [-0.4, -0.2) is 25.0 Å². The highest BCUT2D eigenvalue weighted by Crippen LogP contribution is 2.27. The summed E-state index contributed by atoms with van der Waals surface area (Å²) < 4.78 is 0. The third-order valence-corrected chi connectivity index (χ3v) is 3.48. The summed E-state index contributed by atoms with van der Waals surface area (Å²) in [6, 6.07) is 0.404. The Kier molecular flexibility index (Phi) is 6.94. The predicted octanol–water partition coefficient (Wildman–Crippen LogP) is 2.24. The number of rotatable bonds is 7. The second-order valence-corrected chi connectivity index (χ2v) is 4.99. The Hall–Kier alpha value is -0.830. The molecule has 0 saturated heterocycles. The molecule has 0 bridgehead atoms. The molecule has 1 aliphatic rings. The molecule has 0 aromatic carbocycles. The molecular formula is C14H26N2O. The maximum Gasteiger partial charge on any atom is 0.234 e. The first kappa shape index (κ1) is 14.2. The molecule has 3 heteroatoms. The van der Waals surface area contributed by atoms with Crippen LogP contribution in [0.25, 0.3) is 0 Å². The van der Waals surface area contributed by atoms with Crippen LogP contribution < -0.4 is 10.6 Å². The van der Waals surface area contributed by atoms with Crippen LogP contribution in [0.2, 0.25) is 0 Å². The van der Waals surface area contributed by atoms with Gasteiger partial charge in [-0.2, -0.15) is 0 Å². The fourth-order valence-electron chi connectivity index (χ4n) is 2.57. The maximum atomic E-state index is 11.6. The van der Waals surface area contributed by atoms with Crippen molar-refractivity contribution in [2.24, 2.45) is 5.92 Å². The third kappa shape index (κ3) is 5.87. The molecule has 0 spiro atoms. The van der Waals surface area contributed by atoms with Gasteiger partial charge in [0.05, 0.1) is 6.54 Å².